The molecule has 34 heavy (non-hydrogen) atoms. The third-order valence-corrected chi connectivity index (χ3v) is 6.94. The minimum atomic E-state index is 0.235. The molecule has 0 aliphatic rings. The fraction of sp³-hybridized carbons (Fsp3) is 0.219. The molecule has 0 aliphatic carbocycles. The maximum atomic E-state index is 6.62. The zero-order chi connectivity index (χ0) is 23.6. The van der Waals surface area contributed by atoms with Gasteiger partial charge in [0.2, 0.25) is 5.69 Å². The van der Waals surface area contributed by atoms with Gasteiger partial charge in [-0.2, -0.15) is 0 Å². The van der Waals surface area contributed by atoms with Crippen LogP contribution in [0.1, 0.15) is 31.9 Å². The molecule has 6 rings (SSSR count). The predicted molar refractivity (Wildman–Crippen MR) is 143 cm³/mol. The molecule has 6 aromatic rings. The second kappa shape index (κ2) is 7.43. The summed E-state index contributed by atoms with van der Waals surface area (Å²) in [5.41, 5.74) is 7.10. The van der Waals surface area contributed by atoms with Crippen molar-refractivity contribution in [1.29, 1.82) is 0 Å². The Balaban J connectivity index is 1.67. The standard InChI is InChI=1S/C32H30NO/c1-20-10-12-26-30-25-13-11-22-8-6-7-9-23(22)24(25)14-15-28(30)34-31(26)29(20)27-18-21(16-17-33(27)5)19-32(2,3)4/h6-18H,19H2,1-5H3/q+1. The molecule has 0 saturated heterocycles. The number of furan rings is 1. The van der Waals surface area contributed by atoms with Gasteiger partial charge in [0, 0.05) is 22.9 Å². The highest BCUT2D eigenvalue weighted by molar-refractivity contribution is 6.24. The average molecular weight is 445 g/mol. The van der Waals surface area contributed by atoms with Crippen molar-refractivity contribution in [2.45, 2.75) is 34.1 Å². The molecule has 0 unspecified atom stereocenters. The Labute approximate surface area is 200 Å². The molecule has 0 aliphatic heterocycles. The highest BCUT2D eigenvalue weighted by Gasteiger charge is 2.23. The monoisotopic (exact) mass is 444 g/mol. The molecule has 0 N–H and O–H groups in total. The van der Waals surface area contributed by atoms with Gasteiger partial charge in [-0.15, -0.1) is 0 Å². The fourth-order valence-electron chi connectivity index (χ4n) is 5.43. The van der Waals surface area contributed by atoms with Crippen molar-refractivity contribution in [3.63, 3.8) is 0 Å². The molecule has 2 heterocycles. The fourth-order valence-corrected chi connectivity index (χ4v) is 5.43. The van der Waals surface area contributed by atoms with E-state index in [1.54, 1.807) is 0 Å². The summed E-state index contributed by atoms with van der Waals surface area (Å²) in [6, 6.07) is 26.5. The van der Waals surface area contributed by atoms with Crippen molar-refractivity contribution in [2.24, 2.45) is 12.5 Å². The number of pyridine rings is 1. The van der Waals surface area contributed by atoms with Gasteiger partial charge >= 0.3 is 0 Å². The van der Waals surface area contributed by atoms with Crippen molar-refractivity contribution < 1.29 is 8.98 Å². The van der Waals surface area contributed by atoms with Crippen LogP contribution in [0.15, 0.2) is 83.4 Å². The van der Waals surface area contributed by atoms with E-state index < -0.39 is 0 Å². The summed E-state index contributed by atoms with van der Waals surface area (Å²) in [6.07, 6.45) is 3.21. The number of hydrogen-bond acceptors (Lipinski definition) is 1. The van der Waals surface area contributed by atoms with Crippen molar-refractivity contribution in [3.05, 3.63) is 90.1 Å². The van der Waals surface area contributed by atoms with Crippen LogP contribution in [0.2, 0.25) is 0 Å². The summed E-state index contributed by atoms with van der Waals surface area (Å²) in [7, 11) is 2.12. The summed E-state index contributed by atoms with van der Waals surface area (Å²) >= 11 is 0. The zero-order valence-electron chi connectivity index (χ0n) is 20.6. The smallest absolute Gasteiger partial charge is 0.216 e. The molecular weight excluding hydrogens is 414 g/mol. The number of hydrogen-bond donors (Lipinski definition) is 0. The minimum absolute atomic E-state index is 0.235. The number of aryl methyl sites for hydroxylation is 2. The van der Waals surface area contributed by atoms with E-state index in [9.17, 15) is 0 Å². The van der Waals surface area contributed by atoms with Crippen LogP contribution in [-0.2, 0) is 13.5 Å². The molecule has 2 heteroatoms. The maximum Gasteiger partial charge on any atom is 0.216 e. The average Bonchev–Trinajstić information content (AvgIpc) is 3.18. The van der Waals surface area contributed by atoms with Gasteiger partial charge in [0.1, 0.15) is 18.2 Å². The van der Waals surface area contributed by atoms with Crippen LogP contribution in [0.4, 0.5) is 0 Å². The maximum absolute atomic E-state index is 6.62. The minimum Gasteiger partial charge on any atom is -0.455 e. The first-order chi connectivity index (χ1) is 16.3. The van der Waals surface area contributed by atoms with Crippen molar-refractivity contribution in [1.82, 2.24) is 0 Å². The molecule has 168 valence electrons. The molecule has 0 radical (unpaired) electrons. The van der Waals surface area contributed by atoms with Crippen LogP contribution in [-0.4, -0.2) is 0 Å². The Hall–Kier alpha value is -3.65. The first kappa shape index (κ1) is 20.9. The Morgan fingerprint density at radius 1 is 0.794 bits per heavy atom. The van der Waals surface area contributed by atoms with Gasteiger partial charge in [-0.3, -0.25) is 0 Å². The molecule has 0 spiro atoms. The van der Waals surface area contributed by atoms with E-state index in [-0.39, 0.29) is 5.41 Å². The summed E-state index contributed by atoms with van der Waals surface area (Å²) < 4.78 is 8.84. The summed E-state index contributed by atoms with van der Waals surface area (Å²) in [5.74, 6) is 0. The normalized spacial score (nSPS) is 12.4. The largest absolute Gasteiger partial charge is 0.455 e. The Kier molecular flexibility index (Phi) is 4.57. The molecule has 0 atom stereocenters. The lowest BCUT2D eigenvalue weighted by Crippen LogP contribution is -2.31. The highest BCUT2D eigenvalue weighted by Crippen LogP contribution is 2.41. The number of benzene rings is 4. The van der Waals surface area contributed by atoms with Crippen LogP contribution in [0, 0.1) is 12.3 Å². The van der Waals surface area contributed by atoms with Gasteiger partial charge in [-0.05, 0) is 57.5 Å². The van der Waals surface area contributed by atoms with E-state index in [0.29, 0.717) is 0 Å². The first-order valence-corrected chi connectivity index (χ1v) is 12.1. The zero-order valence-corrected chi connectivity index (χ0v) is 20.6. The van der Waals surface area contributed by atoms with Crippen LogP contribution in [0.5, 0.6) is 0 Å². The molecule has 4 aromatic carbocycles. The Morgan fingerprint density at radius 3 is 2.38 bits per heavy atom. The van der Waals surface area contributed by atoms with Gasteiger partial charge < -0.3 is 4.42 Å². The van der Waals surface area contributed by atoms with Gasteiger partial charge in [0.15, 0.2) is 6.20 Å². The SMILES string of the molecule is Cc1ccc2c(oc3ccc4c5ccccc5ccc4c32)c1-c1cc(CC(C)(C)C)cc[n+]1C. The molecule has 2 nitrogen and oxygen atoms in total. The molecule has 0 fully saturated rings. The summed E-state index contributed by atoms with van der Waals surface area (Å²) in [5, 5.41) is 7.45. The number of fused-ring (bicyclic) bond motifs is 7. The van der Waals surface area contributed by atoms with Crippen molar-refractivity contribution in [3.8, 4) is 11.3 Å². The van der Waals surface area contributed by atoms with Crippen molar-refractivity contribution in [2.75, 3.05) is 0 Å². The van der Waals surface area contributed by atoms with Crippen LogP contribution in [0.25, 0.3) is 54.7 Å². The van der Waals surface area contributed by atoms with E-state index in [1.165, 1.54) is 54.7 Å². The van der Waals surface area contributed by atoms with Gasteiger partial charge in [-0.1, -0.05) is 75.4 Å². The number of rotatable bonds is 2. The molecule has 0 amide bonds. The van der Waals surface area contributed by atoms with E-state index in [1.807, 2.05) is 0 Å². The second-order valence-corrected chi connectivity index (χ2v) is 10.8. The predicted octanol–water partition coefficient (Wildman–Crippen LogP) is 8.28. The quantitative estimate of drug-likeness (QED) is 0.194. The van der Waals surface area contributed by atoms with E-state index >= 15 is 0 Å². The summed E-state index contributed by atoms with van der Waals surface area (Å²) in [4.78, 5) is 0. The molecule has 0 saturated carbocycles. The van der Waals surface area contributed by atoms with Gasteiger partial charge in [-0.25, -0.2) is 4.57 Å². The topological polar surface area (TPSA) is 17.0 Å². The van der Waals surface area contributed by atoms with E-state index in [4.69, 9.17) is 4.42 Å². The lowest BCUT2D eigenvalue weighted by atomic mass is 9.87. The summed E-state index contributed by atoms with van der Waals surface area (Å²) in [6.45, 7) is 9.06. The third kappa shape index (κ3) is 3.28. The molecule has 0 bridgehead atoms. The lowest BCUT2D eigenvalue weighted by Gasteiger charge is -2.18. The van der Waals surface area contributed by atoms with Crippen molar-refractivity contribution >= 4 is 43.5 Å². The van der Waals surface area contributed by atoms with Gasteiger partial charge in [0.05, 0.1) is 5.56 Å². The number of nitrogens with zero attached hydrogens (tertiary/aromatic N) is 1. The third-order valence-electron chi connectivity index (χ3n) is 6.94. The van der Waals surface area contributed by atoms with E-state index in [0.717, 1.165) is 17.6 Å². The van der Waals surface area contributed by atoms with Gasteiger partial charge in [0.25, 0.3) is 0 Å². The van der Waals surface area contributed by atoms with Crippen LogP contribution < -0.4 is 4.57 Å². The van der Waals surface area contributed by atoms with Crippen LogP contribution >= 0.6 is 0 Å². The molecule has 2 aromatic heterocycles. The van der Waals surface area contributed by atoms with Crippen LogP contribution in [0.3, 0.4) is 0 Å². The van der Waals surface area contributed by atoms with E-state index in [2.05, 4.69) is 118 Å². The number of aromatic nitrogens is 1. The lowest BCUT2D eigenvalue weighted by molar-refractivity contribution is -0.660. The molecular formula is C32H30NO+. The Morgan fingerprint density at radius 2 is 1.56 bits per heavy atom. The Bertz CT molecular complexity index is 1730. The second-order valence-electron chi connectivity index (χ2n) is 10.8. The first-order valence-electron chi connectivity index (χ1n) is 12.1. The highest BCUT2D eigenvalue weighted by atomic mass is 16.3.